The van der Waals surface area contributed by atoms with Crippen molar-refractivity contribution in [1.82, 2.24) is 0 Å². The van der Waals surface area contributed by atoms with Crippen molar-refractivity contribution in [2.24, 2.45) is 0 Å². The van der Waals surface area contributed by atoms with Crippen molar-refractivity contribution in [3.05, 3.63) is 35.5 Å². The van der Waals surface area contributed by atoms with Crippen LogP contribution in [0.2, 0.25) is 0 Å². The molecule has 4 heteroatoms. The molecule has 0 fully saturated rings. The Bertz CT molecular complexity index is 376. The zero-order valence-corrected chi connectivity index (χ0v) is 8.87. The van der Waals surface area contributed by atoms with Crippen molar-refractivity contribution >= 4 is 5.97 Å². The Morgan fingerprint density at radius 3 is 2.80 bits per heavy atom. The molecule has 0 amide bonds. The van der Waals surface area contributed by atoms with Gasteiger partial charge in [-0.1, -0.05) is 13.5 Å². The van der Waals surface area contributed by atoms with Crippen LogP contribution in [0, 0.1) is 0 Å². The van der Waals surface area contributed by atoms with E-state index in [0.29, 0.717) is 24.5 Å². The van der Waals surface area contributed by atoms with E-state index in [2.05, 4.69) is 6.58 Å². The Balaban J connectivity index is 2.85. The third kappa shape index (κ3) is 2.87. The number of carboxylic acids is 1. The molecule has 15 heavy (non-hydrogen) atoms. The van der Waals surface area contributed by atoms with Gasteiger partial charge >= 0.3 is 5.97 Å². The van der Waals surface area contributed by atoms with Gasteiger partial charge in [-0.15, -0.1) is 0 Å². The number of ether oxygens (including phenoxy) is 1. The number of hydrogen-bond donors (Lipinski definition) is 1. The molecule has 0 aromatic carbocycles. The van der Waals surface area contributed by atoms with Crippen molar-refractivity contribution in [2.45, 2.75) is 26.9 Å². The summed E-state index contributed by atoms with van der Waals surface area (Å²) in [6.45, 7) is 7.54. The summed E-state index contributed by atoms with van der Waals surface area (Å²) in [7, 11) is 0. The lowest BCUT2D eigenvalue weighted by Gasteiger charge is -2.03. The molecule has 4 nitrogen and oxygen atoms in total. The fourth-order valence-electron chi connectivity index (χ4n) is 1.19. The van der Waals surface area contributed by atoms with Crippen molar-refractivity contribution in [2.75, 3.05) is 0 Å². The van der Waals surface area contributed by atoms with E-state index in [1.807, 2.05) is 6.92 Å². The summed E-state index contributed by atoms with van der Waals surface area (Å²) in [5.74, 6) is 0.127. The number of carboxylic acid groups (broad SMARTS) is 1. The minimum Gasteiger partial charge on any atom is -0.494 e. The van der Waals surface area contributed by atoms with Crippen LogP contribution in [0.3, 0.4) is 0 Å². The molecule has 0 bridgehead atoms. The van der Waals surface area contributed by atoms with Gasteiger partial charge in [-0.2, -0.15) is 0 Å². The summed E-state index contributed by atoms with van der Waals surface area (Å²) >= 11 is 0. The second kappa shape index (κ2) is 4.68. The van der Waals surface area contributed by atoms with Crippen LogP contribution in [0.5, 0.6) is 0 Å². The third-order valence-electron chi connectivity index (χ3n) is 1.90. The van der Waals surface area contributed by atoms with Crippen LogP contribution in [-0.2, 0) is 17.8 Å². The average Bonchev–Trinajstić information content (AvgIpc) is 2.57. The van der Waals surface area contributed by atoms with E-state index in [0.717, 1.165) is 5.56 Å². The SMILES string of the molecule is C=C(C)OCc1cc(C(=O)O)oc1CC. The standard InChI is InChI=1S/C11H14O4/c1-4-9-8(6-14-7(2)3)5-10(15-9)11(12)13/h5H,2,4,6H2,1,3H3,(H,12,13). The molecule has 0 unspecified atom stereocenters. The fraction of sp³-hybridized carbons (Fsp3) is 0.364. The highest BCUT2D eigenvalue weighted by Crippen LogP contribution is 2.18. The van der Waals surface area contributed by atoms with E-state index >= 15 is 0 Å². The van der Waals surface area contributed by atoms with Gasteiger partial charge in [0.1, 0.15) is 12.4 Å². The topological polar surface area (TPSA) is 59.7 Å². The summed E-state index contributed by atoms with van der Waals surface area (Å²) in [5.41, 5.74) is 0.762. The molecule has 1 aromatic heterocycles. The zero-order valence-electron chi connectivity index (χ0n) is 8.87. The molecular weight excluding hydrogens is 196 g/mol. The molecule has 0 radical (unpaired) electrons. The van der Waals surface area contributed by atoms with Crippen LogP contribution in [0.4, 0.5) is 0 Å². The van der Waals surface area contributed by atoms with E-state index in [9.17, 15) is 4.79 Å². The number of rotatable bonds is 5. The molecule has 1 heterocycles. The number of carbonyl (C=O) groups is 1. The fourth-order valence-corrected chi connectivity index (χ4v) is 1.19. The Labute approximate surface area is 88.2 Å². The van der Waals surface area contributed by atoms with Crippen LogP contribution in [0.15, 0.2) is 22.8 Å². The highest BCUT2D eigenvalue weighted by atomic mass is 16.5. The molecule has 1 aromatic rings. The summed E-state index contributed by atoms with van der Waals surface area (Å²) in [6, 6.07) is 1.49. The molecular formula is C11H14O4. The predicted molar refractivity (Wildman–Crippen MR) is 54.6 cm³/mol. The van der Waals surface area contributed by atoms with Gasteiger partial charge in [0.2, 0.25) is 5.76 Å². The molecule has 0 saturated heterocycles. The maximum atomic E-state index is 10.7. The predicted octanol–water partition coefficient (Wildman–Crippen LogP) is 2.59. The number of allylic oxidation sites excluding steroid dienone is 1. The van der Waals surface area contributed by atoms with Crippen LogP contribution < -0.4 is 0 Å². The second-order valence-corrected chi connectivity index (χ2v) is 3.21. The lowest BCUT2D eigenvalue weighted by Crippen LogP contribution is -1.92. The number of aryl methyl sites for hydroxylation is 1. The first-order valence-corrected chi connectivity index (χ1v) is 4.67. The largest absolute Gasteiger partial charge is 0.494 e. The van der Waals surface area contributed by atoms with Gasteiger partial charge < -0.3 is 14.3 Å². The zero-order chi connectivity index (χ0) is 11.4. The van der Waals surface area contributed by atoms with Crippen molar-refractivity contribution < 1.29 is 19.1 Å². The quantitative estimate of drug-likeness (QED) is 0.759. The first-order valence-electron chi connectivity index (χ1n) is 4.67. The lowest BCUT2D eigenvalue weighted by atomic mass is 10.2. The van der Waals surface area contributed by atoms with Gasteiger partial charge in [0.15, 0.2) is 0 Å². The Hall–Kier alpha value is -1.71. The van der Waals surface area contributed by atoms with Gasteiger partial charge in [0.05, 0.1) is 5.76 Å². The Morgan fingerprint density at radius 2 is 2.33 bits per heavy atom. The minimum absolute atomic E-state index is 0.0489. The van der Waals surface area contributed by atoms with Gasteiger partial charge in [0, 0.05) is 12.0 Å². The maximum absolute atomic E-state index is 10.7. The molecule has 0 spiro atoms. The Kier molecular flexibility index (Phi) is 3.55. The summed E-state index contributed by atoms with van der Waals surface area (Å²) < 4.78 is 10.4. The van der Waals surface area contributed by atoms with E-state index in [1.54, 1.807) is 6.92 Å². The normalized spacial score (nSPS) is 10.0. The number of hydrogen-bond acceptors (Lipinski definition) is 3. The minimum atomic E-state index is -1.06. The van der Waals surface area contributed by atoms with E-state index in [1.165, 1.54) is 6.07 Å². The van der Waals surface area contributed by atoms with Crippen LogP contribution in [-0.4, -0.2) is 11.1 Å². The Morgan fingerprint density at radius 1 is 1.67 bits per heavy atom. The van der Waals surface area contributed by atoms with E-state index in [-0.39, 0.29) is 5.76 Å². The molecule has 0 saturated carbocycles. The third-order valence-corrected chi connectivity index (χ3v) is 1.90. The number of aromatic carboxylic acids is 1. The molecule has 0 aliphatic rings. The molecule has 1 N–H and O–H groups in total. The van der Waals surface area contributed by atoms with E-state index in [4.69, 9.17) is 14.3 Å². The van der Waals surface area contributed by atoms with Crippen LogP contribution >= 0.6 is 0 Å². The molecule has 0 aliphatic carbocycles. The van der Waals surface area contributed by atoms with Crippen LogP contribution in [0.1, 0.15) is 35.7 Å². The number of furan rings is 1. The molecule has 82 valence electrons. The van der Waals surface area contributed by atoms with Crippen molar-refractivity contribution in [3.8, 4) is 0 Å². The van der Waals surface area contributed by atoms with Crippen molar-refractivity contribution in [1.29, 1.82) is 0 Å². The first-order chi connectivity index (χ1) is 7.04. The summed E-state index contributed by atoms with van der Waals surface area (Å²) in [5, 5.41) is 8.74. The second-order valence-electron chi connectivity index (χ2n) is 3.21. The van der Waals surface area contributed by atoms with E-state index < -0.39 is 5.97 Å². The van der Waals surface area contributed by atoms with Gasteiger partial charge in [-0.3, -0.25) is 0 Å². The first kappa shape index (κ1) is 11.4. The summed E-state index contributed by atoms with van der Waals surface area (Å²) in [4.78, 5) is 10.7. The highest BCUT2D eigenvalue weighted by molar-refractivity contribution is 5.84. The van der Waals surface area contributed by atoms with Gasteiger partial charge in [0.25, 0.3) is 0 Å². The van der Waals surface area contributed by atoms with Gasteiger partial charge in [-0.05, 0) is 13.0 Å². The monoisotopic (exact) mass is 210 g/mol. The molecule has 0 atom stereocenters. The van der Waals surface area contributed by atoms with Crippen molar-refractivity contribution in [3.63, 3.8) is 0 Å². The molecule has 0 aliphatic heterocycles. The lowest BCUT2D eigenvalue weighted by molar-refractivity contribution is 0.0660. The summed E-state index contributed by atoms with van der Waals surface area (Å²) in [6.07, 6.45) is 0.641. The van der Waals surface area contributed by atoms with Crippen LogP contribution in [0.25, 0.3) is 0 Å². The average molecular weight is 210 g/mol. The highest BCUT2D eigenvalue weighted by Gasteiger charge is 2.14. The maximum Gasteiger partial charge on any atom is 0.371 e. The smallest absolute Gasteiger partial charge is 0.371 e. The van der Waals surface area contributed by atoms with Gasteiger partial charge in [-0.25, -0.2) is 4.79 Å². The molecule has 1 rings (SSSR count).